The van der Waals surface area contributed by atoms with Gasteiger partial charge in [0.1, 0.15) is 0 Å². The number of hydrogen-bond donors (Lipinski definition) is 0. The summed E-state index contributed by atoms with van der Waals surface area (Å²) in [6.07, 6.45) is 0. The molecule has 0 saturated heterocycles. The molecular weight excluding hydrogens is 302 g/mol. The van der Waals surface area contributed by atoms with Gasteiger partial charge < -0.3 is 4.90 Å². The van der Waals surface area contributed by atoms with Crippen molar-refractivity contribution in [3.8, 4) is 0 Å². The largest absolute Gasteiger partial charge is 0.344 e. The van der Waals surface area contributed by atoms with Crippen molar-refractivity contribution in [2.75, 3.05) is 11.9 Å². The van der Waals surface area contributed by atoms with E-state index >= 15 is 0 Å². The van der Waals surface area contributed by atoms with E-state index in [0.29, 0.717) is 0 Å². The molecule has 0 spiro atoms. The predicted molar refractivity (Wildman–Crippen MR) is 106 cm³/mol. The van der Waals surface area contributed by atoms with E-state index < -0.39 is 0 Å². The molecule has 0 aliphatic carbocycles. The Morgan fingerprint density at radius 2 is 1.16 bits per heavy atom. The molecule has 5 rings (SSSR count). The van der Waals surface area contributed by atoms with Gasteiger partial charge in [-0.25, -0.2) is 0 Å². The van der Waals surface area contributed by atoms with Crippen molar-refractivity contribution in [1.82, 2.24) is 0 Å². The van der Waals surface area contributed by atoms with E-state index in [1.807, 2.05) is 0 Å². The lowest BCUT2D eigenvalue weighted by Crippen LogP contribution is -2.22. The number of nitrogens with zero attached hydrogens (tertiary/aromatic N) is 1. The molecule has 0 N–H and O–H groups in total. The van der Waals surface area contributed by atoms with Gasteiger partial charge in [-0.2, -0.15) is 0 Å². The molecule has 1 heterocycles. The van der Waals surface area contributed by atoms with Crippen LogP contribution in [0.5, 0.6) is 0 Å². The van der Waals surface area contributed by atoms with Crippen molar-refractivity contribution in [3.05, 3.63) is 108 Å². The summed E-state index contributed by atoms with van der Waals surface area (Å²) in [5, 5.41) is 2.59. The van der Waals surface area contributed by atoms with Crippen molar-refractivity contribution in [2.45, 2.75) is 5.92 Å². The van der Waals surface area contributed by atoms with E-state index in [4.69, 9.17) is 0 Å². The molecule has 0 unspecified atom stereocenters. The van der Waals surface area contributed by atoms with Gasteiger partial charge in [0.2, 0.25) is 0 Å². The van der Waals surface area contributed by atoms with E-state index in [1.165, 1.54) is 38.8 Å². The third kappa shape index (κ3) is 2.16. The monoisotopic (exact) mass is 321 g/mol. The van der Waals surface area contributed by atoms with Gasteiger partial charge in [-0.05, 0) is 39.6 Å². The molecule has 1 aliphatic heterocycles. The van der Waals surface area contributed by atoms with Crippen LogP contribution in [-0.4, -0.2) is 7.05 Å². The second kappa shape index (κ2) is 5.49. The molecule has 0 atom stereocenters. The third-order valence-corrected chi connectivity index (χ3v) is 5.33. The van der Waals surface area contributed by atoms with Gasteiger partial charge in [0.05, 0.1) is 0 Å². The predicted octanol–water partition coefficient (Wildman–Crippen LogP) is 6.10. The van der Waals surface area contributed by atoms with E-state index in [2.05, 4.69) is 103 Å². The first-order valence-corrected chi connectivity index (χ1v) is 8.73. The molecule has 120 valence electrons. The molecule has 0 aromatic heterocycles. The topological polar surface area (TPSA) is 3.24 Å². The lowest BCUT2D eigenvalue weighted by atomic mass is 9.80. The van der Waals surface area contributed by atoms with E-state index in [0.717, 1.165) is 0 Å². The van der Waals surface area contributed by atoms with Crippen LogP contribution in [-0.2, 0) is 0 Å². The summed E-state index contributed by atoms with van der Waals surface area (Å²) in [7, 11) is 2.16. The number of anilines is 2. The molecule has 0 radical (unpaired) electrons. The van der Waals surface area contributed by atoms with Crippen molar-refractivity contribution in [2.24, 2.45) is 0 Å². The van der Waals surface area contributed by atoms with Crippen LogP contribution < -0.4 is 4.90 Å². The Hall–Kier alpha value is -3.06. The normalized spacial score (nSPS) is 13.6. The lowest BCUT2D eigenvalue weighted by Gasteiger charge is -2.35. The maximum absolute atomic E-state index is 2.35. The lowest BCUT2D eigenvalue weighted by molar-refractivity contribution is 0.928. The summed E-state index contributed by atoms with van der Waals surface area (Å²) in [6, 6.07) is 33.0. The Bertz CT molecular complexity index is 1030. The second-order valence-corrected chi connectivity index (χ2v) is 6.72. The molecule has 1 aliphatic rings. The zero-order valence-corrected chi connectivity index (χ0v) is 14.2. The quantitative estimate of drug-likeness (QED) is 0.409. The highest BCUT2D eigenvalue weighted by molar-refractivity contribution is 5.84. The zero-order valence-electron chi connectivity index (χ0n) is 14.2. The highest BCUT2D eigenvalue weighted by atomic mass is 15.1. The summed E-state index contributed by atoms with van der Waals surface area (Å²) in [4.78, 5) is 2.31. The molecule has 4 aromatic rings. The maximum atomic E-state index is 2.35. The average Bonchev–Trinajstić information content (AvgIpc) is 2.68. The number of rotatable bonds is 1. The van der Waals surface area contributed by atoms with Crippen molar-refractivity contribution >= 4 is 22.1 Å². The van der Waals surface area contributed by atoms with Gasteiger partial charge in [0.15, 0.2) is 0 Å². The molecule has 0 amide bonds. The first kappa shape index (κ1) is 14.3. The average molecular weight is 321 g/mol. The van der Waals surface area contributed by atoms with Crippen LogP contribution in [0.15, 0.2) is 91.0 Å². The fourth-order valence-corrected chi connectivity index (χ4v) is 4.12. The Balaban J connectivity index is 1.79. The second-order valence-electron chi connectivity index (χ2n) is 6.72. The minimum absolute atomic E-state index is 0.271. The Labute approximate surface area is 148 Å². The van der Waals surface area contributed by atoms with Crippen molar-refractivity contribution < 1.29 is 0 Å². The van der Waals surface area contributed by atoms with Gasteiger partial charge in [-0.1, -0.05) is 78.9 Å². The van der Waals surface area contributed by atoms with Crippen LogP contribution >= 0.6 is 0 Å². The van der Waals surface area contributed by atoms with Crippen molar-refractivity contribution in [3.63, 3.8) is 0 Å². The summed E-state index contributed by atoms with van der Waals surface area (Å²) < 4.78 is 0. The Kier molecular flexibility index (Phi) is 3.14. The summed E-state index contributed by atoms with van der Waals surface area (Å²) >= 11 is 0. The molecule has 4 aromatic carbocycles. The van der Waals surface area contributed by atoms with E-state index in [1.54, 1.807) is 0 Å². The fourth-order valence-electron chi connectivity index (χ4n) is 4.12. The number of benzene rings is 4. The molecule has 1 heteroatoms. The number of fused-ring (bicyclic) bond motifs is 3. The van der Waals surface area contributed by atoms with Crippen LogP contribution in [0.3, 0.4) is 0 Å². The fraction of sp³-hybridized carbons (Fsp3) is 0.0833. The van der Waals surface area contributed by atoms with E-state index in [9.17, 15) is 0 Å². The van der Waals surface area contributed by atoms with E-state index in [-0.39, 0.29) is 5.92 Å². The standard InChI is InChI=1S/C24H19N/c1-25-22-12-6-4-10-20(22)24(21-11-5-7-13-23(21)25)19-15-14-17-8-2-3-9-18(17)16-19/h2-16,24H,1H3. The number of para-hydroxylation sites is 2. The Morgan fingerprint density at radius 1 is 0.600 bits per heavy atom. The van der Waals surface area contributed by atoms with Crippen LogP contribution in [0.4, 0.5) is 11.4 Å². The van der Waals surface area contributed by atoms with Gasteiger partial charge >= 0.3 is 0 Å². The van der Waals surface area contributed by atoms with Crippen LogP contribution in [0, 0.1) is 0 Å². The minimum atomic E-state index is 0.271. The smallest absolute Gasteiger partial charge is 0.0450 e. The molecular formula is C24H19N. The van der Waals surface area contributed by atoms with Crippen LogP contribution in [0.25, 0.3) is 10.8 Å². The summed E-state index contributed by atoms with van der Waals surface area (Å²) in [5.74, 6) is 0.271. The first-order chi connectivity index (χ1) is 12.3. The van der Waals surface area contributed by atoms with Gasteiger partial charge in [0.25, 0.3) is 0 Å². The third-order valence-electron chi connectivity index (χ3n) is 5.33. The highest BCUT2D eigenvalue weighted by Gasteiger charge is 2.29. The Morgan fingerprint density at radius 3 is 1.84 bits per heavy atom. The van der Waals surface area contributed by atoms with Gasteiger partial charge in [-0.3, -0.25) is 0 Å². The SMILES string of the molecule is CN1c2ccccc2C(c2ccc3ccccc3c2)c2ccccc21. The minimum Gasteiger partial charge on any atom is -0.344 e. The van der Waals surface area contributed by atoms with Crippen LogP contribution in [0.1, 0.15) is 22.6 Å². The molecule has 0 saturated carbocycles. The maximum Gasteiger partial charge on any atom is 0.0450 e. The zero-order chi connectivity index (χ0) is 16.8. The van der Waals surface area contributed by atoms with Gasteiger partial charge in [0, 0.05) is 24.3 Å². The first-order valence-electron chi connectivity index (χ1n) is 8.73. The number of hydrogen-bond acceptors (Lipinski definition) is 1. The van der Waals surface area contributed by atoms with Gasteiger partial charge in [-0.15, -0.1) is 0 Å². The summed E-state index contributed by atoms with van der Waals surface area (Å²) in [6.45, 7) is 0. The van der Waals surface area contributed by atoms with Crippen molar-refractivity contribution in [1.29, 1.82) is 0 Å². The molecule has 1 nitrogen and oxygen atoms in total. The van der Waals surface area contributed by atoms with Crippen LogP contribution in [0.2, 0.25) is 0 Å². The summed E-state index contributed by atoms with van der Waals surface area (Å²) in [5.41, 5.74) is 6.68. The molecule has 0 fully saturated rings. The molecule has 25 heavy (non-hydrogen) atoms. The molecule has 0 bridgehead atoms. The highest BCUT2D eigenvalue weighted by Crippen LogP contribution is 2.47.